The first-order valence-corrected chi connectivity index (χ1v) is 10.1. The zero-order valence-electron chi connectivity index (χ0n) is 17.2. The van der Waals surface area contributed by atoms with Crippen molar-refractivity contribution in [2.75, 3.05) is 49.1 Å². The van der Waals surface area contributed by atoms with E-state index < -0.39 is 0 Å². The Hall–Kier alpha value is -1.86. The number of piperazine rings is 1. The number of aryl methyl sites for hydroxylation is 1. The molecule has 28 heavy (non-hydrogen) atoms. The second-order valence-corrected chi connectivity index (χ2v) is 8.02. The summed E-state index contributed by atoms with van der Waals surface area (Å²) in [6.07, 6.45) is 8.15. The average Bonchev–Trinajstić information content (AvgIpc) is 3.01. The molecule has 0 saturated carbocycles. The topological polar surface area (TPSA) is 53.3 Å². The maximum Gasteiger partial charge on any atom is 0.172 e. The molecule has 0 N–H and O–H groups in total. The maximum atomic E-state index is 4.71. The summed E-state index contributed by atoms with van der Waals surface area (Å²) >= 11 is 0. The van der Waals surface area contributed by atoms with E-state index in [4.69, 9.17) is 9.97 Å². The first-order valence-electron chi connectivity index (χ1n) is 10.1. The highest BCUT2D eigenvalue weighted by Crippen LogP contribution is 2.29. The molecule has 4 rings (SSSR count). The normalized spacial score (nSPS) is 19.0. The Balaban J connectivity index is 0.00000225. The zero-order chi connectivity index (χ0) is 18.8. The number of rotatable bonds is 4. The van der Waals surface area contributed by atoms with Gasteiger partial charge in [0.1, 0.15) is 0 Å². The third kappa shape index (κ3) is 4.41. The summed E-state index contributed by atoms with van der Waals surface area (Å²) in [4.78, 5) is 16.8. The van der Waals surface area contributed by atoms with Crippen molar-refractivity contribution in [2.45, 2.75) is 33.2 Å². The highest BCUT2D eigenvalue weighted by molar-refractivity contribution is 5.85. The maximum absolute atomic E-state index is 4.71. The van der Waals surface area contributed by atoms with Gasteiger partial charge < -0.3 is 9.80 Å². The van der Waals surface area contributed by atoms with Crippen molar-refractivity contribution < 1.29 is 0 Å². The summed E-state index contributed by atoms with van der Waals surface area (Å²) < 4.78 is 1.96. The molecular weight excluding hydrogens is 374 g/mol. The van der Waals surface area contributed by atoms with Gasteiger partial charge in [-0.1, -0.05) is 6.92 Å². The Morgan fingerprint density at radius 1 is 0.929 bits per heavy atom. The Morgan fingerprint density at radius 2 is 1.50 bits per heavy atom. The molecule has 2 aliphatic rings. The van der Waals surface area contributed by atoms with Crippen LogP contribution >= 0.6 is 12.4 Å². The fraction of sp³-hybridized carbons (Fsp3) is 0.650. The van der Waals surface area contributed by atoms with Gasteiger partial charge in [-0.15, -0.1) is 12.4 Å². The number of halogens is 1. The standard InChI is InChI=1S/C20H31N7.ClH/c1-16-4-8-26(9-5-16)19-20(22-7-6-21-19)27-12-10-25(11-13-27)15-18-14-23-24(3)17(18)2;/h6-7,14,16H,4-5,8-13,15H2,1-3H3;1H. The largest absolute Gasteiger partial charge is 0.354 e. The number of piperidine rings is 1. The van der Waals surface area contributed by atoms with Crippen molar-refractivity contribution in [3.63, 3.8) is 0 Å². The van der Waals surface area contributed by atoms with Crippen molar-refractivity contribution >= 4 is 24.0 Å². The van der Waals surface area contributed by atoms with Gasteiger partial charge in [0.05, 0.1) is 6.20 Å². The number of anilines is 2. The van der Waals surface area contributed by atoms with Gasteiger partial charge in [-0.05, 0) is 25.7 Å². The number of hydrogen-bond acceptors (Lipinski definition) is 6. The van der Waals surface area contributed by atoms with Crippen LogP contribution in [0.3, 0.4) is 0 Å². The Bertz CT molecular complexity index is 762. The van der Waals surface area contributed by atoms with Gasteiger partial charge in [-0.25, -0.2) is 9.97 Å². The lowest BCUT2D eigenvalue weighted by atomic mass is 9.99. The predicted molar refractivity (Wildman–Crippen MR) is 115 cm³/mol. The first kappa shape index (κ1) is 20.9. The molecule has 8 heteroatoms. The smallest absolute Gasteiger partial charge is 0.172 e. The molecule has 2 fully saturated rings. The lowest BCUT2D eigenvalue weighted by molar-refractivity contribution is 0.248. The molecule has 0 aliphatic carbocycles. The minimum absolute atomic E-state index is 0. The number of aromatic nitrogens is 4. The molecule has 154 valence electrons. The molecule has 0 bridgehead atoms. The van der Waals surface area contributed by atoms with Crippen LogP contribution in [0.5, 0.6) is 0 Å². The van der Waals surface area contributed by atoms with E-state index in [1.165, 1.54) is 24.1 Å². The van der Waals surface area contributed by atoms with E-state index in [1.807, 2.05) is 30.3 Å². The van der Waals surface area contributed by atoms with Gasteiger partial charge in [0.15, 0.2) is 11.6 Å². The van der Waals surface area contributed by atoms with Crippen LogP contribution in [0.15, 0.2) is 18.6 Å². The Labute approximate surface area is 174 Å². The average molecular weight is 406 g/mol. The van der Waals surface area contributed by atoms with E-state index in [0.717, 1.165) is 63.4 Å². The highest BCUT2D eigenvalue weighted by atomic mass is 35.5. The summed E-state index contributed by atoms with van der Waals surface area (Å²) in [7, 11) is 2.01. The third-order valence-electron chi connectivity index (χ3n) is 6.15. The van der Waals surface area contributed by atoms with Crippen LogP contribution in [0.1, 0.15) is 31.0 Å². The molecule has 0 spiro atoms. The Kier molecular flexibility index (Phi) is 6.78. The Morgan fingerprint density at radius 3 is 2.04 bits per heavy atom. The molecule has 4 heterocycles. The highest BCUT2D eigenvalue weighted by Gasteiger charge is 2.25. The van der Waals surface area contributed by atoms with E-state index >= 15 is 0 Å². The molecule has 0 amide bonds. The van der Waals surface area contributed by atoms with Crippen molar-refractivity contribution in [1.29, 1.82) is 0 Å². The van der Waals surface area contributed by atoms with E-state index in [0.29, 0.717) is 0 Å². The van der Waals surface area contributed by atoms with E-state index in [1.54, 1.807) is 0 Å². The number of nitrogens with zero attached hydrogens (tertiary/aromatic N) is 7. The molecule has 2 aromatic heterocycles. The van der Waals surface area contributed by atoms with Crippen LogP contribution in [0.4, 0.5) is 11.6 Å². The summed E-state index contributed by atoms with van der Waals surface area (Å²) in [5.74, 6) is 2.95. The van der Waals surface area contributed by atoms with Crippen LogP contribution in [0.25, 0.3) is 0 Å². The fourth-order valence-corrected chi connectivity index (χ4v) is 4.05. The summed E-state index contributed by atoms with van der Waals surface area (Å²) in [5, 5.41) is 4.37. The molecule has 0 atom stereocenters. The summed E-state index contributed by atoms with van der Waals surface area (Å²) in [6.45, 7) is 11.7. The van der Waals surface area contributed by atoms with Gasteiger partial charge in [-0.3, -0.25) is 9.58 Å². The van der Waals surface area contributed by atoms with Gasteiger partial charge in [0.25, 0.3) is 0 Å². The lowest BCUT2D eigenvalue weighted by Gasteiger charge is -2.38. The minimum Gasteiger partial charge on any atom is -0.354 e. The molecule has 2 aliphatic heterocycles. The molecule has 7 nitrogen and oxygen atoms in total. The molecule has 0 unspecified atom stereocenters. The van der Waals surface area contributed by atoms with Gasteiger partial charge in [0.2, 0.25) is 0 Å². The second kappa shape index (κ2) is 9.09. The van der Waals surface area contributed by atoms with Crippen LogP contribution in [-0.2, 0) is 13.6 Å². The number of hydrogen-bond donors (Lipinski definition) is 0. The second-order valence-electron chi connectivity index (χ2n) is 8.02. The molecule has 0 radical (unpaired) electrons. The summed E-state index contributed by atoms with van der Waals surface area (Å²) in [5.41, 5.74) is 2.58. The predicted octanol–water partition coefficient (Wildman–Crippen LogP) is 2.50. The van der Waals surface area contributed by atoms with Gasteiger partial charge in [0, 0.05) is 76.5 Å². The van der Waals surface area contributed by atoms with Crippen LogP contribution < -0.4 is 9.80 Å². The lowest BCUT2D eigenvalue weighted by Crippen LogP contribution is -2.47. The van der Waals surface area contributed by atoms with Crippen LogP contribution in [0.2, 0.25) is 0 Å². The molecule has 2 saturated heterocycles. The summed E-state index contributed by atoms with van der Waals surface area (Å²) in [6, 6.07) is 0. The van der Waals surface area contributed by atoms with Gasteiger partial charge in [-0.2, -0.15) is 5.10 Å². The van der Waals surface area contributed by atoms with E-state index in [2.05, 4.69) is 33.6 Å². The molecular formula is C20H32ClN7. The third-order valence-corrected chi connectivity index (χ3v) is 6.15. The van der Waals surface area contributed by atoms with Crippen molar-refractivity contribution in [2.24, 2.45) is 13.0 Å². The van der Waals surface area contributed by atoms with Gasteiger partial charge >= 0.3 is 0 Å². The SMILES string of the molecule is Cc1c(CN2CCN(c3nccnc3N3CCC(C)CC3)CC2)cnn1C.Cl. The quantitative estimate of drug-likeness (QED) is 0.779. The van der Waals surface area contributed by atoms with Crippen molar-refractivity contribution in [1.82, 2.24) is 24.6 Å². The zero-order valence-corrected chi connectivity index (χ0v) is 18.0. The fourth-order valence-electron chi connectivity index (χ4n) is 4.05. The van der Waals surface area contributed by atoms with Crippen molar-refractivity contribution in [3.8, 4) is 0 Å². The first-order chi connectivity index (χ1) is 13.1. The minimum atomic E-state index is 0. The monoisotopic (exact) mass is 405 g/mol. The molecule has 2 aromatic rings. The van der Waals surface area contributed by atoms with Crippen LogP contribution in [-0.4, -0.2) is 63.9 Å². The van der Waals surface area contributed by atoms with E-state index in [-0.39, 0.29) is 12.4 Å². The van der Waals surface area contributed by atoms with Crippen molar-refractivity contribution in [3.05, 3.63) is 29.8 Å². The van der Waals surface area contributed by atoms with Crippen LogP contribution in [0, 0.1) is 12.8 Å². The van der Waals surface area contributed by atoms with E-state index in [9.17, 15) is 0 Å². The molecule has 0 aromatic carbocycles.